The van der Waals surface area contributed by atoms with Gasteiger partial charge in [-0.2, -0.15) is 0 Å². The Morgan fingerprint density at radius 3 is 2.27 bits per heavy atom. The number of hydrogen-bond acceptors (Lipinski definition) is 9. The molecule has 1 saturated heterocycles. The van der Waals surface area contributed by atoms with Crippen LogP contribution in [0, 0.1) is 6.92 Å². The summed E-state index contributed by atoms with van der Waals surface area (Å²) >= 11 is 6.68. The zero-order chi connectivity index (χ0) is 34.4. The molecule has 6 rings (SSSR count). The molecule has 4 heterocycles. The molecule has 0 unspecified atom stereocenters. The average molecular weight is 676 g/mol. The van der Waals surface area contributed by atoms with Crippen LogP contribution in [0.3, 0.4) is 0 Å². The van der Waals surface area contributed by atoms with E-state index in [1.54, 1.807) is 4.90 Å². The molecule has 0 spiro atoms. The lowest BCUT2D eigenvalue weighted by Crippen LogP contribution is -2.41. The lowest BCUT2D eigenvalue weighted by molar-refractivity contribution is 0.0203. The van der Waals surface area contributed by atoms with Gasteiger partial charge in [0.2, 0.25) is 5.95 Å². The van der Waals surface area contributed by atoms with Gasteiger partial charge in [0.05, 0.1) is 28.1 Å². The highest BCUT2D eigenvalue weighted by Crippen LogP contribution is 2.48. The average Bonchev–Trinajstić information content (AvgIpc) is 3.40. The van der Waals surface area contributed by atoms with Crippen molar-refractivity contribution in [3.63, 3.8) is 0 Å². The van der Waals surface area contributed by atoms with Crippen LogP contribution in [0.4, 0.5) is 21.2 Å². The second-order valence-electron chi connectivity index (χ2n) is 14.2. The Bertz CT molecular complexity index is 1870. The number of nitrogens with zero attached hydrogens (tertiary/aromatic N) is 4. The smallest absolute Gasteiger partial charge is 0.419 e. The molecule has 2 aromatic carbocycles. The van der Waals surface area contributed by atoms with Gasteiger partial charge >= 0.3 is 12.2 Å². The number of amides is 1. The number of rotatable bonds is 4. The number of ether oxygens (including phenoxy) is 4. The summed E-state index contributed by atoms with van der Waals surface area (Å²) in [7, 11) is 0. The third-order valence-corrected chi connectivity index (χ3v) is 8.41. The van der Waals surface area contributed by atoms with Gasteiger partial charge in [0.1, 0.15) is 30.1 Å². The molecule has 0 bridgehead atoms. The minimum Gasteiger partial charge on any atom is -0.486 e. The molecule has 1 N–H and O–H groups in total. The molecule has 11 nitrogen and oxygen atoms in total. The summed E-state index contributed by atoms with van der Waals surface area (Å²) in [5.41, 5.74) is 3.03. The molecule has 2 aliphatic heterocycles. The van der Waals surface area contributed by atoms with Crippen molar-refractivity contribution < 1.29 is 28.5 Å². The second kappa shape index (κ2) is 12.8. The summed E-state index contributed by atoms with van der Waals surface area (Å²) in [6.45, 7) is 15.1. The van der Waals surface area contributed by atoms with Crippen LogP contribution in [-0.2, 0) is 9.47 Å². The third-order valence-electron chi connectivity index (χ3n) is 8.13. The number of aryl methyl sites for hydroxylation is 1. The van der Waals surface area contributed by atoms with Gasteiger partial charge in [-0.05, 0) is 91.0 Å². The van der Waals surface area contributed by atoms with Crippen molar-refractivity contribution in [1.29, 1.82) is 0 Å². The van der Waals surface area contributed by atoms with Gasteiger partial charge in [0.15, 0.2) is 11.5 Å². The van der Waals surface area contributed by atoms with E-state index in [2.05, 4.69) is 10.3 Å². The van der Waals surface area contributed by atoms with E-state index in [0.29, 0.717) is 60.4 Å². The summed E-state index contributed by atoms with van der Waals surface area (Å²) in [5.74, 6) is 1.73. The first-order chi connectivity index (χ1) is 22.7. The Labute approximate surface area is 285 Å². The summed E-state index contributed by atoms with van der Waals surface area (Å²) in [5, 5.41) is 4.44. The van der Waals surface area contributed by atoms with E-state index < -0.39 is 17.3 Å². The first-order valence-electron chi connectivity index (χ1n) is 16.2. The minimum absolute atomic E-state index is 0.182. The number of piperidine rings is 1. The predicted molar refractivity (Wildman–Crippen MR) is 185 cm³/mol. The van der Waals surface area contributed by atoms with Crippen LogP contribution in [0.15, 0.2) is 42.6 Å². The number of carbonyl (C=O) groups is 2. The molecule has 1 amide bonds. The zero-order valence-electron chi connectivity index (χ0n) is 28.5. The van der Waals surface area contributed by atoms with Gasteiger partial charge in [-0.15, -0.1) is 0 Å². The Hall–Kier alpha value is -4.51. The van der Waals surface area contributed by atoms with Crippen LogP contribution in [0.25, 0.3) is 22.3 Å². The molecule has 2 aromatic heterocycles. The number of benzene rings is 2. The number of hydrogen-bond donors (Lipinski definition) is 1. The number of halogens is 1. The molecule has 0 atom stereocenters. The number of aromatic nitrogens is 3. The van der Waals surface area contributed by atoms with Crippen molar-refractivity contribution in [3.8, 4) is 22.9 Å². The van der Waals surface area contributed by atoms with E-state index in [1.807, 2.05) is 84.9 Å². The molecule has 48 heavy (non-hydrogen) atoms. The highest BCUT2D eigenvalue weighted by molar-refractivity contribution is 6.33. The van der Waals surface area contributed by atoms with E-state index in [1.165, 1.54) is 10.8 Å². The van der Waals surface area contributed by atoms with Crippen LogP contribution in [-0.4, -0.2) is 69.1 Å². The normalized spacial score (nSPS) is 15.4. The standard InChI is InChI=1S/C36H42ClN5O6/c1-21-18-25(30-31(46-17-16-45-30)28(21)22-12-14-41(15-13-22)33(43)47-35(2,3)4)39-32-38-20-24(37)29(40-32)27-19-23-10-8-9-11-26(23)42(27)34(44)48-36(5,6)7/h8-11,18-20,22H,12-17H2,1-7H3,(H,38,39,40). The van der Waals surface area contributed by atoms with Gasteiger partial charge in [0.25, 0.3) is 0 Å². The zero-order valence-corrected chi connectivity index (χ0v) is 29.2. The molecule has 254 valence electrons. The number of para-hydroxylation sites is 1. The molecule has 4 aromatic rings. The third kappa shape index (κ3) is 7.01. The summed E-state index contributed by atoms with van der Waals surface area (Å²) < 4.78 is 25.3. The predicted octanol–water partition coefficient (Wildman–Crippen LogP) is 8.47. The topological polar surface area (TPSA) is 117 Å². The number of nitrogens with one attached hydrogen (secondary N) is 1. The summed E-state index contributed by atoms with van der Waals surface area (Å²) in [6.07, 6.45) is 2.24. The van der Waals surface area contributed by atoms with Crippen molar-refractivity contribution in [3.05, 3.63) is 58.7 Å². The van der Waals surface area contributed by atoms with Crippen molar-refractivity contribution in [2.75, 3.05) is 31.6 Å². The molecule has 0 saturated carbocycles. The van der Waals surface area contributed by atoms with Gasteiger partial charge < -0.3 is 29.2 Å². The van der Waals surface area contributed by atoms with Crippen LogP contribution < -0.4 is 14.8 Å². The Morgan fingerprint density at radius 1 is 0.938 bits per heavy atom. The molecule has 1 fully saturated rings. The van der Waals surface area contributed by atoms with Gasteiger partial charge in [-0.3, -0.25) is 0 Å². The lowest BCUT2D eigenvalue weighted by Gasteiger charge is -2.35. The molecular weight excluding hydrogens is 634 g/mol. The maximum Gasteiger partial charge on any atom is 0.419 e. The van der Waals surface area contributed by atoms with Crippen LogP contribution in [0.1, 0.15) is 71.4 Å². The fourth-order valence-corrected chi connectivity index (χ4v) is 6.38. The van der Waals surface area contributed by atoms with Crippen LogP contribution in [0.5, 0.6) is 11.5 Å². The van der Waals surface area contributed by atoms with Crippen LogP contribution >= 0.6 is 11.6 Å². The molecular formula is C36H42ClN5O6. The first kappa shape index (κ1) is 33.4. The SMILES string of the molecule is Cc1cc(Nc2ncc(Cl)c(-c3cc4ccccc4n3C(=O)OC(C)(C)C)n2)c2c(c1C1CCN(C(=O)OC(C)(C)C)CC1)OCCO2. The van der Waals surface area contributed by atoms with E-state index in [9.17, 15) is 9.59 Å². The summed E-state index contributed by atoms with van der Waals surface area (Å²) in [6, 6.07) is 11.4. The number of carbonyl (C=O) groups excluding carboxylic acids is 2. The maximum atomic E-state index is 13.5. The monoisotopic (exact) mass is 675 g/mol. The number of likely N-dealkylation sites (tertiary alicyclic amines) is 1. The Balaban J connectivity index is 1.31. The van der Waals surface area contributed by atoms with E-state index >= 15 is 0 Å². The largest absolute Gasteiger partial charge is 0.486 e. The number of anilines is 2. The number of fused-ring (bicyclic) bond motifs is 2. The highest BCUT2D eigenvalue weighted by Gasteiger charge is 2.33. The second-order valence-corrected chi connectivity index (χ2v) is 14.6. The van der Waals surface area contributed by atoms with Crippen molar-refractivity contribution in [2.45, 2.75) is 78.4 Å². The lowest BCUT2D eigenvalue weighted by atomic mass is 9.85. The summed E-state index contributed by atoms with van der Waals surface area (Å²) in [4.78, 5) is 37.2. The quantitative estimate of drug-likeness (QED) is 0.227. The van der Waals surface area contributed by atoms with Gasteiger partial charge in [-0.1, -0.05) is 29.8 Å². The fraction of sp³-hybridized carbons (Fsp3) is 0.444. The molecule has 0 aliphatic carbocycles. The minimum atomic E-state index is -0.706. The van der Waals surface area contributed by atoms with Gasteiger partial charge in [0, 0.05) is 24.0 Å². The van der Waals surface area contributed by atoms with Crippen molar-refractivity contribution in [2.24, 2.45) is 0 Å². The molecule has 12 heteroatoms. The van der Waals surface area contributed by atoms with Crippen molar-refractivity contribution in [1.82, 2.24) is 19.4 Å². The highest BCUT2D eigenvalue weighted by atomic mass is 35.5. The molecule has 0 radical (unpaired) electrons. The van der Waals surface area contributed by atoms with E-state index in [0.717, 1.165) is 29.4 Å². The van der Waals surface area contributed by atoms with E-state index in [4.69, 9.17) is 35.5 Å². The maximum absolute atomic E-state index is 13.5. The molecule has 2 aliphatic rings. The fourth-order valence-electron chi connectivity index (χ4n) is 6.20. The first-order valence-corrected chi connectivity index (χ1v) is 16.6. The Morgan fingerprint density at radius 2 is 1.58 bits per heavy atom. The Kier molecular flexibility index (Phi) is 8.93. The van der Waals surface area contributed by atoms with Crippen molar-refractivity contribution >= 4 is 46.3 Å². The van der Waals surface area contributed by atoms with E-state index in [-0.39, 0.29) is 23.0 Å². The van der Waals surface area contributed by atoms with Crippen LogP contribution in [0.2, 0.25) is 5.02 Å². The van der Waals surface area contributed by atoms with Gasteiger partial charge in [-0.25, -0.2) is 24.1 Å².